The zero-order chi connectivity index (χ0) is 20.7. The summed E-state index contributed by atoms with van der Waals surface area (Å²) in [4.78, 5) is 22.3. The maximum absolute atomic E-state index is 12.0. The van der Waals surface area contributed by atoms with Crippen LogP contribution in [-0.2, 0) is 9.59 Å². The van der Waals surface area contributed by atoms with E-state index >= 15 is 0 Å². The Morgan fingerprint density at radius 1 is 0.963 bits per heavy atom. The Bertz CT molecular complexity index is 661. The summed E-state index contributed by atoms with van der Waals surface area (Å²) in [5.41, 5.74) is 0.355. The molecule has 10 heteroatoms. The second-order valence-corrected chi connectivity index (χ2v) is 5.55. The van der Waals surface area contributed by atoms with E-state index < -0.39 is 36.3 Å². The molecule has 0 saturated carbocycles. The summed E-state index contributed by atoms with van der Waals surface area (Å²) >= 11 is 0. The molecule has 150 valence electrons. The molecular formula is C17H22O10. The van der Waals surface area contributed by atoms with Crippen LogP contribution in [0.2, 0.25) is 0 Å². The minimum atomic E-state index is -2.16. The lowest BCUT2D eigenvalue weighted by Crippen LogP contribution is -2.51. The first kappa shape index (κ1) is 22.5. The lowest BCUT2D eigenvalue weighted by Gasteiger charge is -2.26. The Hall–Kier alpha value is -2.50. The first-order chi connectivity index (χ1) is 12.7. The number of aliphatic hydroxyl groups excluding tert-OH is 5. The van der Waals surface area contributed by atoms with Gasteiger partial charge in [0.2, 0.25) is 5.75 Å². The van der Waals surface area contributed by atoms with Crippen molar-refractivity contribution in [3.63, 3.8) is 0 Å². The predicted molar refractivity (Wildman–Crippen MR) is 91.3 cm³/mol. The van der Waals surface area contributed by atoms with Crippen LogP contribution < -0.4 is 9.47 Å². The Kier molecular flexibility index (Phi) is 8.34. The van der Waals surface area contributed by atoms with Crippen LogP contribution in [0.15, 0.2) is 18.2 Å². The number of hydrogen-bond acceptors (Lipinski definition) is 10. The van der Waals surface area contributed by atoms with E-state index in [1.165, 1.54) is 32.4 Å². The highest BCUT2D eigenvalue weighted by Crippen LogP contribution is 2.37. The standard InChI is InChI=1S/C17H22O10/c1-26-11-5-8(6-12(27-2)15(11)23)3-4-9(19)13(21)16(24)17(25)14(22)10(20)7-18/h3-7,10,13-14,16-17,20-25H,1-2H3/b4-3+/t10-,13?,14+,16+,17-/m0/s1. The molecule has 0 aliphatic carbocycles. The number of methoxy groups -OCH3 is 2. The van der Waals surface area contributed by atoms with E-state index in [0.717, 1.165) is 6.08 Å². The molecule has 0 fully saturated rings. The number of carbonyl (C=O) groups is 2. The average Bonchev–Trinajstić information content (AvgIpc) is 2.69. The molecule has 0 aliphatic rings. The van der Waals surface area contributed by atoms with Crippen LogP contribution in [0.4, 0.5) is 0 Å². The smallest absolute Gasteiger partial charge is 0.200 e. The number of aldehydes is 1. The van der Waals surface area contributed by atoms with Crippen molar-refractivity contribution in [2.45, 2.75) is 30.5 Å². The van der Waals surface area contributed by atoms with Crippen molar-refractivity contribution < 1.29 is 49.7 Å². The molecule has 0 amide bonds. The summed E-state index contributed by atoms with van der Waals surface area (Å²) < 4.78 is 9.92. The summed E-state index contributed by atoms with van der Waals surface area (Å²) in [6.07, 6.45) is -8.48. The number of rotatable bonds is 10. The Labute approximate surface area is 154 Å². The zero-order valence-electron chi connectivity index (χ0n) is 14.6. The third kappa shape index (κ3) is 5.49. The summed E-state index contributed by atoms with van der Waals surface area (Å²) in [6.45, 7) is 0. The van der Waals surface area contributed by atoms with E-state index in [0.29, 0.717) is 5.56 Å². The molecule has 27 heavy (non-hydrogen) atoms. The minimum absolute atomic E-state index is 0.0691. The summed E-state index contributed by atoms with van der Waals surface area (Å²) in [5.74, 6) is -1.13. The van der Waals surface area contributed by atoms with Crippen LogP contribution in [0.25, 0.3) is 6.08 Å². The highest BCUT2D eigenvalue weighted by atomic mass is 16.5. The number of aromatic hydroxyl groups is 1. The Morgan fingerprint density at radius 3 is 1.93 bits per heavy atom. The number of phenols is 1. The molecule has 1 aromatic carbocycles. The van der Waals surface area contributed by atoms with Gasteiger partial charge in [-0.15, -0.1) is 0 Å². The van der Waals surface area contributed by atoms with E-state index in [2.05, 4.69) is 0 Å². The van der Waals surface area contributed by atoms with Crippen molar-refractivity contribution in [3.8, 4) is 17.2 Å². The molecule has 6 N–H and O–H groups in total. The van der Waals surface area contributed by atoms with Crippen LogP contribution in [0.1, 0.15) is 5.56 Å². The molecule has 0 aromatic heterocycles. The van der Waals surface area contributed by atoms with Gasteiger partial charge in [-0.2, -0.15) is 0 Å². The summed E-state index contributed by atoms with van der Waals surface area (Å²) in [6, 6.07) is 2.76. The monoisotopic (exact) mass is 386 g/mol. The average molecular weight is 386 g/mol. The fourth-order valence-electron chi connectivity index (χ4n) is 2.13. The van der Waals surface area contributed by atoms with Crippen LogP contribution in [0.5, 0.6) is 17.2 Å². The third-order valence-corrected chi connectivity index (χ3v) is 3.75. The maximum Gasteiger partial charge on any atom is 0.200 e. The molecular weight excluding hydrogens is 364 g/mol. The van der Waals surface area contributed by atoms with Gasteiger partial charge in [0.05, 0.1) is 14.2 Å². The van der Waals surface area contributed by atoms with Gasteiger partial charge in [0.1, 0.15) is 30.5 Å². The second kappa shape index (κ2) is 10.00. The molecule has 0 aliphatic heterocycles. The van der Waals surface area contributed by atoms with Crippen molar-refractivity contribution in [2.75, 3.05) is 14.2 Å². The van der Waals surface area contributed by atoms with E-state index in [-0.39, 0.29) is 23.5 Å². The van der Waals surface area contributed by atoms with E-state index in [9.17, 15) is 35.1 Å². The van der Waals surface area contributed by atoms with Gasteiger partial charge in [0.25, 0.3) is 0 Å². The number of phenolic OH excluding ortho intramolecular Hbond substituents is 1. The maximum atomic E-state index is 12.0. The van der Waals surface area contributed by atoms with Crippen LogP contribution in [0, 0.1) is 0 Å². The lowest BCUT2D eigenvalue weighted by molar-refractivity contribution is -0.152. The highest BCUT2D eigenvalue weighted by Gasteiger charge is 2.36. The number of ether oxygens (including phenoxy) is 2. The van der Waals surface area contributed by atoms with Crippen LogP contribution in [0.3, 0.4) is 0 Å². The molecule has 0 radical (unpaired) electrons. The molecule has 10 nitrogen and oxygen atoms in total. The molecule has 1 unspecified atom stereocenters. The van der Waals surface area contributed by atoms with Gasteiger partial charge in [-0.1, -0.05) is 6.08 Å². The number of aliphatic hydroxyl groups is 5. The number of hydrogen-bond donors (Lipinski definition) is 6. The number of carbonyl (C=O) groups excluding carboxylic acids is 2. The van der Waals surface area contributed by atoms with E-state index in [1.54, 1.807) is 0 Å². The van der Waals surface area contributed by atoms with Crippen LogP contribution >= 0.6 is 0 Å². The third-order valence-electron chi connectivity index (χ3n) is 3.75. The van der Waals surface area contributed by atoms with Crippen molar-refractivity contribution in [2.24, 2.45) is 0 Å². The highest BCUT2D eigenvalue weighted by molar-refractivity contribution is 5.97. The fraction of sp³-hybridized carbons (Fsp3) is 0.412. The lowest BCUT2D eigenvalue weighted by atomic mass is 9.97. The molecule has 1 aromatic rings. The number of benzene rings is 1. The minimum Gasteiger partial charge on any atom is -0.502 e. The molecule has 0 bridgehead atoms. The van der Waals surface area contributed by atoms with Gasteiger partial charge in [0, 0.05) is 0 Å². The quantitative estimate of drug-likeness (QED) is 0.195. The Morgan fingerprint density at radius 2 is 1.48 bits per heavy atom. The van der Waals surface area contributed by atoms with Gasteiger partial charge in [-0.3, -0.25) is 4.79 Å². The molecule has 1 rings (SSSR count). The second-order valence-electron chi connectivity index (χ2n) is 5.55. The van der Waals surface area contributed by atoms with Gasteiger partial charge in [0.15, 0.2) is 23.6 Å². The number of ketones is 1. The normalized spacial score (nSPS) is 17.0. The molecule has 0 saturated heterocycles. The molecule has 0 heterocycles. The Balaban J connectivity index is 2.93. The van der Waals surface area contributed by atoms with Gasteiger partial charge >= 0.3 is 0 Å². The summed E-state index contributed by atoms with van der Waals surface area (Å²) in [7, 11) is 2.63. The predicted octanol–water partition coefficient (Wildman–Crippen LogP) is -2.00. The van der Waals surface area contributed by atoms with Gasteiger partial charge in [-0.05, 0) is 23.8 Å². The first-order valence-electron chi connectivity index (χ1n) is 7.70. The van der Waals surface area contributed by atoms with Crippen molar-refractivity contribution in [3.05, 3.63) is 23.8 Å². The zero-order valence-corrected chi connectivity index (χ0v) is 14.6. The van der Waals surface area contributed by atoms with Crippen molar-refractivity contribution >= 4 is 18.1 Å². The van der Waals surface area contributed by atoms with E-state index in [4.69, 9.17) is 14.6 Å². The topological polar surface area (TPSA) is 174 Å². The van der Waals surface area contributed by atoms with Crippen LogP contribution in [-0.4, -0.2) is 87.4 Å². The molecule has 0 spiro atoms. The van der Waals surface area contributed by atoms with Crippen molar-refractivity contribution in [1.29, 1.82) is 0 Å². The fourth-order valence-corrected chi connectivity index (χ4v) is 2.13. The summed E-state index contributed by atoms with van der Waals surface area (Å²) in [5, 5.41) is 57.6. The SMILES string of the molecule is COc1cc(/C=C/C(=O)C(O)[C@@H](O)[C@@H](O)[C@H](O)[C@@H](O)C=O)cc(OC)c1O. The van der Waals surface area contributed by atoms with Crippen molar-refractivity contribution in [1.82, 2.24) is 0 Å². The van der Waals surface area contributed by atoms with Gasteiger partial charge < -0.3 is 44.9 Å². The van der Waals surface area contributed by atoms with E-state index in [1.807, 2.05) is 0 Å². The largest absolute Gasteiger partial charge is 0.502 e. The van der Waals surface area contributed by atoms with Gasteiger partial charge in [-0.25, -0.2) is 0 Å². The first-order valence-corrected chi connectivity index (χ1v) is 7.70. The molecule has 5 atom stereocenters.